The quantitative estimate of drug-likeness (QED) is 0.864. The van der Waals surface area contributed by atoms with Crippen molar-refractivity contribution in [3.63, 3.8) is 0 Å². The molecule has 0 spiro atoms. The van der Waals surface area contributed by atoms with Crippen LogP contribution in [0.3, 0.4) is 0 Å². The maximum Gasteiger partial charge on any atom is 0.248 e. The first-order chi connectivity index (χ1) is 10.1. The summed E-state index contributed by atoms with van der Waals surface area (Å²) in [4.78, 5) is 13.8. The Bertz CT molecular complexity index is 651. The number of amides is 1. The van der Waals surface area contributed by atoms with Crippen molar-refractivity contribution in [3.05, 3.63) is 65.2 Å². The molecule has 0 unspecified atom stereocenters. The summed E-state index contributed by atoms with van der Waals surface area (Å²) in [6, 6.07) is 15.1. The monoisotopic (exact) mass is 300 g/mol. The molecule has 3 nitrogen and oxygen atoms in total. The lowest BCUT2D eigenvalue weighted by molar-refractivity contribution is -0.111. The Kier molecular flexibility index (Phi) is 5.01. The van der Waals surface area contributed by atoms with Crippen molar-refractivity contribution in [2.75, 3.05) is 24.3 Å². The molecule has 2 aromatic carbocycles. The lowest BCUT2D eigenvalue weighted by atomic mass is 10.2. The second kappa shape index (κ2) is 6.95. The number of nitrogens with zero attached hydrogens (tertiary/aromatic N) is 1. The first kappa shape index (κ1) is 15.1. The van der Waals surface area contributed by atoms with Crippen LogP contribution in [0.25, 0.3) is 6.08 Å². The third-order valence-electron chi connectivity index (χ3n) is 2.92. The zero-order valence-corrected chi connectivity index (χ0v) is 12.8. The van der Waals surface area contributed by atoms with Crippen LogP contribution in [0.2, 0.25) is 5.02 Å². The normalized spacial score (nSPS) is 10.6. The van der Waals surface area contributed by atoms with Crippen molar-refractivity contribution >= 4 is 35.0 Å². The van der Waals surface area contributed by atoms with Crippen molar-refractivity contribution in [1.82, 2.24) is 0 Å². The average Bonchev–Trinajstić information content (AvgIpc) is 2.46. The molecule has 108 valence electrons. The van der Waals surface area contributed by atoms with Gasteiger partial charge >= 0.3 is 0 Å². The molecule has 0 bridgehead atoms. The smallest absolute Gasteiger partial charge is 0.248 e. The molecule has 2 rings (SSSR count). The molecule has 0 heterocycles. The van der Waals surface area contributed by atoms with Gasteiger partial charge in [0, 0.05) is 25.9 Å². The van der Waals surface area contributed by atoms with Gasteiger partial charge in [-0.15, -0.1) is 0 Å². The van der Waals surface area contributed by atoms with Gasteiger partial charge in [-0.05, 0) is 29.8 Å². The van der Waals surface area contributed by atoms with Crippen LogP contribution in [-0.2, 0) is 4.79 Å². The van der Waals surface area contributed by atoms with Crippen molar-refractivity contribution in [3.8, 4) is 0 Å². The van der Waals surface area contributed by atoms with Gasteiger partial charge in [0.05, 0.1) is 10.7 Å². The van der Waals surface area contributed by atoms with Crippen LogP contribution < -0.4 is 10.2 Å². The average molecular weight is 301 g/mol. The van der Waals surface area contributed by atoms with E-state index in [1.165, 1.54) is 6.08 Å². The maximum absolute atomic E-state index is 11.9. The van der Waals surface area contributed by atoms with Gasteiger partial charge < -0.3 is 10.2 Å². The highest BCUT2D eigenvalue weighted by atomic mass is 35.5. The van der Waals surface area contributed by atoms with E-state index in [0.717, 1.165) is 11.3 Å². The van der Waals surface area contributed by atoms with Crippen LogP contribution in [0, 0.1) is 0 Å². The number of halogens is 1. The Labute approximate surface area is 129 Å². The van der Waals surface area contributed by atoms with E-state index in [-0.39, 0.29) is 5.91 Å². The molecule has 1 amide bonds. The van der Waals surface area contributed by atoms with Gasteiger partial charge in [0.1, 0.15) is 0 Å². The molecule has 0 aliphatic rings. The molecule has 0 aliphatic carbocycles. The fraction of sp³-hybridized carbons (Fsp3) is 0.118. The van der Waals surface area contributed by atoms with Crippen LogP contribution in [0.4, 0.5) is 11.4 Å². The van der Waals surface area contributed by atoms with E-state index in [2.05, 4.69) is 5.32 Å². The van der Waals surface area contributed by atoms with Gasteiger partial charge in [-0.25, -0.2) is 0 Å². The highest BCUT2D eigenvalue weighted by Gasteiger charge is 2.05. The van der Waals surface area contributed by atoms with Gasteiger partial charge in [-0.2, -0.15) is 0 Å². The topological polar surface area (TPSA) is 32.3 Å². The zero-order valence-electron chi connectivity index (χ0n) is 12.0. The van der Waals surface area contributed by atoms with Crippen LogP contribution in [0.15, 0.2) is 54.6 Å². The second-order valence-corrected chi connectivity index (χ2v) is 5.20. The van der Waals surface area contributed by atoms with Crippen molar-refractivity contribution in [2.45, 2.75) is 0 Å². The lowest BCUT2D eigenvalue weighted by Crippen LogP contribution is -2.11. The molecule has 0 saturated carbocycles. The van der Waals surface area contributed by atoms with Crippen LogP contribution >= 0.6 is 11.6 Å². The summed E-state index contributed by atoms with van der Waals surface area (Å²) in [5, 5.41) is 3.39. The standard InChI is InChI=1S/C17H17ClN2O/c1-20(2)16-10-9-14(12-15(16)18)19-17(21)11-8-13-6-4-3-5-7-13/h3-12H,1-2H3,(H,19,21)/b11-8+. The predicted octanol–water partition coefficient (Wildman–Crippen LogP) is 4.06. The van der Waals surface area contributed by atoms with Gasteiger partial charge in [-0.1, -0.05) is 41.9 Å². The first-order valence-electron chi connectivity index (χ1n) is 6.57. The predicted molar refractivity (Wildman–Crippen MR) is 89.9 cm³/mol. The fourth-order valence-corrected chi connectivity index (χ4v) is 2.22. The van der Waals surface area contributed by atoms with E-state index < -0.39 is 0 Å². The number of benzene rings is 2. The summed E-state index contributed by atoms with van der Waals surface area (Å²) >= 11 is 6.17. The molecular weight excluding hydrogens is 284 g/mol. The van der Waals surface area contributed by atoms with Crippen molar-refractivity contribution < 1.29 is 4.79 Å². The molecule has 0 aliphatic heterocycles. The van der Waals surface area contributed by atoms with E-state index in [4.69, 9.17) is 11.6 Å². The fourth-order valence-electron chi connectivity index (χ4n) is 1.87. The van der Waals surface area contributed by atoms with E-state index in [0.29, 0.717) is 10.7 Å². The minimum Gasteiger partial charge on any atom is -0.376 e. The molecular formula is C17H17ClN2O. The number of carbonyl (C=O) groups is 1. The summed E-state index contributed by atoms with van der Waals surface area (Å²) in [5.74, 6) is -0.187. The molecule has 1 N–H and O–H groups in total. The SMILES string of the molecule is CN(C)c1ccc(NC(=O)/C=C/c2ccccc2)cc1Cl. The minimum absolute atomic E-state index is 0.187. The highest BCUT2D eigenvalue weighted by molar-refractivity contribution is 6.33. The molecule has 4 heteroatoms. The van der Waals surface area contributed by atoms with Crippen LogP contribution in [-0.4, -0.2) is 20.0 Å². The van der Waals surface area contributed by atoms with Gasteiger partial charge in [0.15, 0.2) is 0 Å². The molecule has 0 radical (unpaired) electrons. The lowest BCUT2D eigenvalue weighted by Gasteiger charge is -2.15. The summed E-state index contributed by atoms with van der Waals surface area (Å²) < 4.78 is 0. The Morgan fingerprint density at radius 3 is 2.48 bits per heavy atom. The molecule has 0 atom stereocenters. The van der Waals surface area contributed by atoms with Gasteiger partial charge in [-0.3, -0.25) is 4.79 Å². The van der Waals surface area contributed by atoms with E-state index >= 15 is 0 Å². The van der Waals surface area contributed by atoms with Crippen LogP contribution in [0.5, 0.6) is 0 Å². The van der Waals surface area contributed by atoms with Crippen LogP contribution in [0.1, 0.15) is 5.56 Å². The first-order valence-corrected chi connectivity index (χ1v) is 6.95. The number of rotatable bonds is 4. The maximum atomic E-state index is 11.9. The van der Waals surface area contributed by atoms with Crippen molar-refractivity contribution in [1.29, 1.82) is 0 Å². The minimum atomic E-state index is -0.187. The Morgan fingerprint density at radius 2 is 1.86 bits per heavy atom. The summed E-state index contributed by atoms with van der Waals surface area (Å²) in [5.41, 5.74) is 2.57. The summed E-state index contributed by atoms with van der Waals surface area (Å²) in [6.45, 7) is 0. The Balaban J connectivity index is 2.03. The molecule has 2 aromatic rings. The molecule has 21 heavy (non-hydrogen) atoms. The Hall–Kier alpha value is -2.26. The zero-order chi connectivity index (χ0) is 15.2. The third-order valence-corrected chi connectivity index (χ3v) is 3.23. The van der Waals surface area contributed by atoms with E-state index in [1.54, 1.807) is 12.1 Å². The third kappa shape index (κ3) is 4.36. The van der Waals surface area contributed by atoms with Gasteiger partial charge in [0.25, 0.3) is 0 Å². The number of hydrogen-bond donors (Lipinski definition) is 1. The van der Waals surface area contributed by atoms with Gasteiger partial charge in [0.2, 0.25) is 5.91 Å². The number of hydrogen-bond acceptors (Lipinski definition) is 2. The number of anilines is 2. The van der Waals surface area contributed by atoms with E-state index in [9.17, 15) is 4.79 Å². The largest absolute Gasteiger partial charge is 0.376 e. The second-order valence-electron chi connectivity index (χ2n) is 4.79. The molecule has 0 saturated heterocycles. The van der Waals surface area contributed by atoms with E-state index in [1.807, 2.05) is 61.5 Å². The highest BCUT2D eigenvalue weighted by Crippen LogP contribution is 2.27. The summed E-state index contributed by atoms with van der Waals surface area (Å²) in [6.07, 6.45) is 3.27. The number of nitrogens with one attached hydrogen (secondary N) is 1. The van der Waals surface area contributed by atoms with Crippen molar-refractivity contribution in [2.24, 2.45) is 0 Å². The molecule has 0 fully saturated rings. The number of carbonyl (C=O) groups excluding carboxylic acids is 1. The summed E-state index contributed by atoms with van der Waals surface area (Å²) in [7, 11) is 3.84. The molecule has 0 aromatic heterocycles. The Morgan fingerprint density at radius 1 is 1.14 bits per heavy atom.